The van der Waals surface area contributed by atoms with Gasteiger partial charge in [-0.15, -0.1) is 0 Å². The largest absolute Gasteiger partial charge is 0.493 e. The standard InChI is InChI=1S/C27H29FN2O3/c1-18(29-27(31)20-9-5-4-6-10-20)26-23-16-25(33-3)24(32-2)15-21(23)12-13-30(26)17-19-8-7-11-22(28)14-19/h4-11,14-16,18,26H,12-13,17H2,1-3H3,(H,29,31)/t18-,26-/m0/s1. The molecule has 3 aromatic carbocycles. The normalized spacial score (nSPS) is 16.5. The Morgan fingerprint density at radius 1 is 1.06 bits per heavy atom. The van der Waals surface area contributed by atoms with Crippen molar-refractivity contribution < 1.29 is 18.7 Å². The van der Waals surface area contributed by atoms with Crippen LogP contribution in [0.5, 0.6) is 11.5 Å². The van der Waals surface area contributed by atoms with Crippen LogP contribution in [0.4, 0.5) is 4.39 Å². The third kappa shape index (κ3) is 5.01. The number of nitrogens with zero attached hydrogens (tertiary/aromatic N) is 1. The number of ether oxygens (including phenoxy) is 2. The van der Waals surface area contributed by atoms with Gasteiger partial charge in [0.1, 0.15) is 5.82 Å². The number of carbonyl (C=O) groups is 1. The van der Waals surface area contributed by atoms with Gasteiger partial charge in [0.15, 0.2) is 11.5 Å². The van der Waals surface area contributed by atoms with Crippen molar-refractivity contribution in [2.75, 3.05) is 20.8 Å². The molecule has 5 nitrogen and oxygen atoms in total. The van der Waals surface area contributed by atoms with E-state index in [1.165, 1.54) is 6.07 Å². The van der Waals surface area contributed by atoms with Gasteiger partial charge in [-0.3, -0.25) is 9.69 Å². The number of methoxy groups -OCH3 is 2. The van der Waals surface area contributed by atoms with E-state index in [4.69, 9.17) is 9.47 Å². The fourth-order valence-corrected chi connectivity index (χ4v) is 4.62. The van der Waals surface area contributed by atoms with Gasteiger partial charge in [-0.05, 0) is 66.4 Å². The van der Waals surface area contributed by atoms with Crippen molar-refractivity contribution >= 4 is 5.91 Å². The van der Waals surface area contributed by atoms with E-state index >= 15 is 0 Å². The number of fused-ring (bicyclic) bond motifs is 1. The Bertz CT molecular complexity index is 1120. The van der Waals surface area contributed by atoms with Crippen molar-refractivity contribution in [2.45, 2.75) is 32.0 Å². The van der Waals surface area contributed by atoms with Crippen LogP contribution in [0.25, 0.3) is 0 Å². The van der Waals surface area contributed by atoms with Crippen molar-refractivity contribution in [1.82, 2.24) is 10.2 Å². The molecule has 1 aliphatic rings. The van der Waals surface area contributed by atoms with Gasteiger partial charge >= 0.3 is 0 Å². The molecule has 0 spiro atoms. The molecule has 3 aromatic rings. The second-order valence-corrected chi connectivity index (χ2v) is 8.33. The summed E-state index contributed by atoms with van der Waals surface area (Å²) in [6.45, 7) is 3.35. The Morgan fingerprint density at radius 2 is 1.79 bits per heavy atom. The van der Waals surface area contributed by atoms with Gasteiger partial charge in [0.05, 0.1) is 20.3 Å². The zero-order valence-electron chi connectivity index (χ0n) is 19.2. The highest BCUT2D eigenvalue weighted by Crippen LogP contribution is 2.40. The van der Waals surface area contributed by atoms with Gasteiger partial charge in [-0.25, -0.2) is 4.39 Å². The van der Waals surface area contributed by atoms with Gasteiger partial charge < -0.3 is 14.8 Å². The van der Waals surface area contributed by atoms with Crippen LogP contribution in [0.1, 0.15) is 40.0 Å². The number of carbonyl (C=O) groups excluding carboxylic acids is 1. The molecule has 2 atom stereocenters. The molecular weight excluding hydrogens is 419 g/mol. The lowest BCUT2D eigenvalue weighted by molar-refractivity contribution is 0.0877. The highest BCUT2D eigenvalue weighted by atomic mass is 19.1. The number of halogens is 1. The summed E-state index contributed by atoms with van der Waals surface area (Å²) in [5.41, 5.74) is 3.75. The van der Waals surface area contributed by atoms with Crippen LogP contribution in [0.3, 0.4) is 0 Å². The lowest BCUT2D eigenvalue weighted by atomic mass is 9.87. The molecule has 0 unspecified atom stereocenters. The van der Waals surface area contributed by atoms with Crippen LogP contribution in [0, 0.1) is 5.82 Å². The Hall–Kier alpha value is -3.38. The summed E-state index contributed by atoms with van der Waals surface area (Å²) < 4.78 is 24.9. The molecule has 0 radical (unpaired) electrons. The summed E-state index contributed by atoms with van der Waals surface area (Å²) in [6.07, 6.45) is 0.820. The zero-order chi connectivity index (χ0) is 23.4. The summed E-state index contributed by atoms with van der Waals surface area (Å²) in [6, 6.07) is 19.6. The van der Waals surface area contributed by atoms with Crippen LogP contribution in [0.2, 0.25) is 0 Å². The molecule has 0 saturated heterocycles. The van der Waals surface area contributed by atoms with Gasteiger partial charge in [-0.2, -0.15) is 0 Å². The topological polar surface area (TPSA) is 50.8 Å². The highest BCUT2D eigenvalue weighted by molar-refractivity contribution is 5.94. The molecule has 1 heterocycles. The van der Waals surface area contributed by atoms with Crippen molar-refractivity contribution in [3.8, 4) is 11.5 Å². The molecule has 4 rings (SSSR count). The Morgan fingerprint density at radius 3 is 2.48 bits per heavy atom. The smallest absolute Gasteiger partial charge is 0.251 e. The van der Waals surface area contributed by atoms with E-state index in [-0.39, 0.29) is 23.8 Å². The summed E-state index contributed by atoms with van der Waals surface area (Å²) in [4.78, 5) is 15.2. The predicted molar refractivity (Wildman–Crippen MR) is 126 cm³/mol. The average molecular weight is 449 g/mol. The summed E-state index contributed by atoms with van der Waals surface area (Å²) in [7, 11) is 3.25. The third-order valence-corrected chi connectivity index (χ3v) is 6.17. The molecule has 1 N–H and O–H groups in total. The van der Waals surface area contributed by atoms with Crippen molar-refractivity contribution in [1.29, 1.82) is 0 Å². The van der Waals surface area contributed by atoms with E-state index in [0.29, 0.717) is 23.6 Å². The minimum atomic E-state index is -0.252. The van der Waals surface area contributed by atoms with Gasteiger partial charge in [0.2, 0.25) is 0 Å². The minimum absolute atomic E-state index is 0.121. The van der Waals surface area contributed by atoms with Crippen molar-refractivity contribution in [3.05, 3.63) is 94.8 Å². The summed E-state index contributed by atoms with van der Waals surface area (Å²) in [5.74, 6) is 0.963. The van der Waals surface area contributed by atoms with E-state index in [9.17, 15) is 9.18 Å². The average Bonchev–Trinajstić information content (AvgIpc) is 2.83. The first-order chi connectivity index (χ1) is 16.0. The number of benzene rings is 3. The van der Waals surface area contributed by atoms with Crippen LogP contribution in [-0.4, -0.2) is 37.6 Å². The minimum Gasteiger partial charge on any atom is -0.493 e. The fraction of sp³-hybridized carbons (Fsp3) is 0.296. The molecule has 0 aromatic heterocycles. The molecule has 0 aliphatic carbocycles. The maximum atomic E-state index is 13.9. The van der Waals surface area contributed by atoms with E-state index in [0.717, 1.165) is 29.7 Å². The van der Waals surface area contributed by atoms with E-state index in [1.807, 2.05) is 43.3 Å². The summed E-state index contributed by atoms with van der Waals surface area (Å²) in [5, 5.41) is 3.17. The van der Waals surface area contributed by atoms with Gasteiger partial charge in [-0.1, -0.05) is 30.3 Å². The third-order valence-electron chi connectivity index (χ3n) is 6.17. The lowest BCUT2D eigenvalue weighted by Crippen LogP contribution is -2.47. The number of rotatable bonds is 7. The molecule has 1 aliphatic heterocycles. The first kappa shape index (κ1) is 22.8. The van der Waals surface area contributed by atoms with Crippen LogP contribution >= 0.6 is 0 Å². The number of hydrogen-bond acceptors (Lipinski definition) is 4. The molecule has 0 saturated carbocycles. The number of nitrogens with one attached hydrogen (secondary N) is 1. The molecule has 6 heteroatoms. The summed E-state index contributed by atoms with van der Waals surface area (Å²) >= 11 is 0. The van der Waals surface area contributed by atoms with Crippen LogP contribution < -0.4 is 14.8 Å². The monoisotopic (exact) mass is 448 g/mol. The molecule has 33 heavy (non-hydrogen) atoms. The van der Waals surface area contributed by atoms with E-state index in [1.54, 1.807) is 38.5 Å². The Balaban J connectivity index is 1.69. The van der Waals surface area contributed by atoms with Gasteiger partial charge in [0.25, 0.3) is 5.91 Å². The second kappa shape index (κ2) is 10.0. The molecular formula is C27H29FN2O3. The van der Waals surface area contributed by atoms with E-state index < -0.39 is 0 Å². The SMILES string of the molecule is COc1cc2c(cc1OC)[C@H]([C@H](C)NC(=O)c1ccccc1)N(Cc1cccc(F)c1)CC2. The number of amides is 1. The van der Waals surface area contributed by atoms with Crippen molar-refractivity contribution in [3.63, 3.8) is 0 Å². The zero-order valence-corrected chi connectivity index (χ0v) is 19.2. The van der Waals surface area contributed by atoms with E-state index in [2.05, 4.69) is 10.2 Å². The molecule has 0 bridgehead atoms. The Labute approximate surface area is 194 Å². The Kier molecular flexibility index (Phi) is 6.94. The first-order valence-corrected chi connectivity index (χ1v) is 11.1. The van der Waals surface area contributed by atoms with Gasteiger partial charge in [0, 0.05) is 24.7 Å². The number of hydrogen-bond donors (Lipinski definition) is 1. The maximum Gasteiger partial charge on any atom is 0.251 e. The lowest BCUT2D eigenvalue weighted by Gasteiger charge is -2.41. The predicted octanol–water partition coefficient (Wildman–Crippen LogP) is 4.76. The fourth-order valence-electron chi connectivity index (χ4n) is 4.62. The first-order valence-electron chi connectivity index (χ1n) is 11.1. The highest BCUT2D eigenvalue weighted by Gasteiger charge is 2.34. The maximum absolute atomic E-state index is 13.9. The van der Waals surface area contributed by atoms with Crippen LogP contribution in [-0.2, 0) is 13.0 Å². The molecule has 0 fully saturated rings. The van der Waals surface area contributed by atoms with Crippen LogP contribution in [0.15, 0.2) is 66.7 Å². The molecule has 1 amide bonds. The molecule has 172 valence electrons. The second-order valence-electron chi connectivity index (χ2n) is 8.33. The van der Waals surface area contributed by atoms with Crippen molar-refractivity contribution in [2.24, 2.45) is 0 Å². The quantitative estimate of drug-likeness (QED) is 0.566.